The molecule has 2 unspecified atom stereocenters. The highest BCUT2D eigenvalue weighted by atomic mass is 16.3. The molecule has 0 radical (unpaired) electrons. The molecule has 2 N–H and O–H groups in total. The minimum Gasteiger partial charge on any atom is -0.394 e. The van der Waals surface area contributed by atoms with Crippen molar-refractivity contribution in [1.82, 2.24) is 10.2 Å². The highest BCUT2D eigenvalue weighted by Gasteiger charge is 2.23. The summed E-state index contributed by atoms with van der Waals surface area (Å²) in [6, 6.07) is 0. The van der Waals surface area contributed by atoms with Crippen LogP contribution in [0, 0.1) is 5.92 Å². The van der Waals surface area contributed by atoms with Crippen LogP contribution in [-0.4, -0.2) is 48.3 Å². The Bertz CT molecular complexity index is 235. The van der Waals surface area contributed by atoms with E-state index in [2.05, 4.69) is 31.0 Å². The number of nitrogens with one attached hydrogen (secondary N) is 1. The van der Waals surface area contributed by atoms with Gasteiger partial charge >= 0.3 is 0 Å². The number of aliphatic hydroxyl groups excluding tert-OH is 1. The highest BCUT2D eigenvalue weighted by Crippen LogP contribution is 2.21. The summed E-state index contributed by atoms with van der Waals surface area (Å²) < 4.78 is 0. The van der Waals surface area contributed by atoms with Crippen LogP contribution in [0.15, 0.2) is 0 Å². The first-order valence-electron chi connectivity index (χ1n) is 8.21. The van der Waals surface area contributed by atoms with Gasteiger partial charge < -0.3 is 15.3 Å². The number of rotatable bonds is 10. The monoisotopic (exact) mass is 270 g/mol. The Morgan fingerprint density at radius 2 is 2.11 bits per heavy atom. The average Bonchev–Trinajstić information content (AvgIpc) is 2.83. The molecule has 1 saturated heterocycles. The van der Waals surface area contributed by atoms with Gasteiger partial charge in [0.25, 0.3) is 0 Å². The first kappa shape index (κ1) is 16.9. The molecule has 3 nitrogen and oxygen atoms in total. The van der Waals surface area contributed by atoms with Crippen LogP contribution in [0.4, 0.5) is 0 Å². The summed E-state index contributed by atoms with van der Waals surface area (Å²) >= 11 is 0. The second-order valence-electron chi connectivity index (χ2n) is 6.45. The Balaban J connectivity index is 2.11. The molecule has 1 heterocycles. The zero-order chi connectivity index (χ0) is 14.1. The van der Waals surface area contributed by atoms with Gasteiger partial charge in [0.1, 0.15) is 0 Å². The van der Waals surface area contributed by atoms with E-state index in [-0.39, 0.29) is 12.1 Å². The van der Waals surface area contributed by atoms with Crippen molar-refractivity contribution in [2.24, 2.45) is 5.92 Å². The Kier molecular flexibility index (Phi) is 7.96. The predicted molar refractivity (Wildman–Crippen MR) is 82.5 cm³/mol. The summed E-state index contributed by atoms with van der Waals surface area (Å²) in [6.07, 6.45) is 7.68. The van der Waals surface area contributed by atoms with Gasteiger partial charge in [0.15, 0.2) is 0 Å². The maximum Gasteiger partial charge on any atom is 0.0610 e. The number of hydrogen-bond acceptors (Lipinski definition) is 3. The summed E-state index contributed by atoms with van der Waals surface area (Å²) in [5.41, 5.74) is -0.0789. The third-order valence-corrected chi connectivity index (χ3v) is 4.47. The molecule has 0 aromatic heterocycles. The van der Waals surface area contributed by atoms with E-state index in [0.29, 0.717) is 0 Å². The highest BCUT2D eigenvalue weighted by molar-refractivity contribution is 4.82. The third-order valence-electron chi connectivity index (χ3n) is 4.47. The van der Waals surface area contributed by atoms with Crippen LogP contribution in [0.25, 0.3) is 0 Å². The molecule has 0 amide bonds. The Morgan fingerprint density at radius 1 is 1.32 bits per heavy atom. The van der Waals surface area contributed by atoms with Gasteiger partial charge in [-0.1, -0.05) is 26.7 Å². The molecule has 1 fully saturated rings. The van der Waals surface area contributed by atoms with Gasteiger partial charge in [0.05, 0.1) is 6.61 Å². The van der Waals surface area contributed by atoms with Crippen molar-refractivity contribution in [3.05, 3.63) is 0 Å². The topological polar surface area (TPSA) is 35.5 Å². The molecule has 3 heteroatoms. The molecule has 1 aliphatic rings. The van der Waals surface area contributed by atoms with Crippen molar-refractivity contribution in [1.29, 1.82) is 0 Å². The molecule has 19 heavy (non-hydrogen) atoms. The van der Waals surface area contributed by atoms with Crippen molar-refractivity contribution in [3.63, 3.8) is 0 Å². The summed E-state index contributed by atoms with van der Waals surface area (Å²) in [7, 11) is 0. The standard InChI is InChI=1S/C16H34N2O/c1-4-8-15-9-12-18(13-15)11-7-6-10-16(3,14-19)17-5-2/h15,17,19H,4-14H2,1-3H3. The van der Waals surface area contributed by atoms with Crippen LogP contribution in [0.1, 0.15) is 59.3 Å². The van der Waals surface area contributed by atoms with Gasteiger partial charge in [0.2, 0.25) is 0 Å². The molecule has 0 bridgehead atoms. The lowest BCUT2D eigenvalue weighted by molar-refractivity contribution is 0.163. The fraction of sp³-hybridized carbons (Fsp3) is 1.00. The molecule has 0 aromatic carbocycles. The molecule has 0 aromatic rings. The Labute approximate surface area is 119 Å². The summed E-state index contributed by atoms with van der Waals surface area (Å²) in [4.78, 5) is 2.63. The van der Waals surface area contributed by atoms with E-state index >= 15 is 0 Å². The van der Waals surface area contributed by atoms with Crippen molar-refractivity contribution < 1.29 is 5.11 Å². The Morgan fingerprint density at radius 3 is 2.74 bits per heavy atom. The van der Waals surface area contributed by atoms with Crippen molar-refractivity contribution in [2.45, 2.75) is 64.8 Å². The van der Waals surface area contributed by atoms with Crippen molar-refractivity contribution in [3.8, 4) is 0 Å². The third kappa shape index (κ3) is 6.24. The van der Waals surface area contributed by atoms with Crippen LogP contribution in [0.5, 0.6) is 0 Å². The summed E-state index contributed by atoms with van der Waals surface area (Å²) in [5, 5.41) is 12.8. The second-order valence-corrected chi connectivity index (χ2v) is 6.45. The fourth-order valence-corrected chi connectivity index (χ4v) is 3.26. The largest absolute Gasteiger partial charge is 0.394 e. The SMILES string of the molecule is CCCC1CCN(CCCCC(C)(CO)NCC)C1. The van der Waals surface area contributed by atoms with Crippen LogP contribution < -0.4 is 5.32 Å². The molecule has 2 atom stereocenters. The van der Waals surface area contributed by atoms with E-state index in [1.165, 1.54) is 51.7 Å². The number of nitrogens with zero attached hydrogens (tertiary/aromatic N) is 1. The number of unbranched alkanes of at least 4 members (excludes halogenated alkanes) is 1. The van der Waals surface area contributed by atoms with E-state index in [1.807, 2.05) is 0 Å². The average molecular weight is 270 g/mol. The van der Waals surface area contributed by atoms with E-state index in [1.54, 1.807) is 0 Å². The Hall–Kier alpha value is -0.120. The smallest absolute Gasteiger partial charge is 0.0610 e. The number of likely N-dealkylation sites (tertiary alicyclic amines) is 1. The lowest BCUT2D eigenvalue weighted by Gasteiger charge is -2.28. The molecule has 1 rings (SSSR count). The van der Waals surface area contributed by atoms with Crippen molar-refractivity contribution >= 4 is 0 Å². The number of aliphatic hydroxyl groups is 1. The molecule has 114 valence electrons. The first-order valence-corrected chi connectivity index (χ1v) is 8.21. The maximum atomic E-state index is 9.45. The maximum absolute atomic E-state index is 9.45. The van der Waals surface area contributed by atoms with Gasteiger partial charge in [-0.2, -0.15) is 0 Å². The second kappa shape index (κ2) is 8.93. The molecule has 1 aliphatic heterocycles. The van der Waals surface area contributed by atoms with Crippen LogP contribution in [0.3, 0.4) is 0 Å². The van der Waals surface area contributed by atoms with Crippen LogP contribution >= 0.6 is 0 Å². The lowest BCUT2D eigenvalue weighted by atomic mass is 9.95. The first-order chi connectivity index (χ1) is 9.13. The van der Waals surface area contributed by atoms with Crippen LogP contribution in [0.2, 0.25) is 0 Å². The van der Waals surface area contributed by atoms with Gasteiger partial charge in [-0.3, -0.25) is 0 Å². The van der Waals surface area contributed by atoms with E-state index in [9.17, 15) is 5.11 Å². The molecule has 0 saturated carbocycles. The quantitative estimate of drug-likeness (QED) is 0.599. The van der Waals surface area contributed by atoms with Gasteiger partial charge in [-0.05, 0) is 58.2 Å². The summed E-state index contributed by atoms with van der Waals surface area (Å²) in [6.45, 7) is 11.6. The normalized spacial score (nSPS) is 23.7. The molecule has 0 aliphatic carbocycles. The zero-order valence-corrected chi connectivity index (χ0v) is 13.2. The lowest BCUT2D eigenvalue weighted by Crippen LogP contribution is -2.45. The predicted octanol–water partition coefficient (Wildman–Crippen LogP) is 2.64. The summed E-state index contributed by atoms with van der Waals surface area (Å²) in [5.74, 6) is 0.953. The molecular weight excluding hydrogens is 236 g/mol. The molecule has 0 spiro atoms. The minimum absolute atomic E-state index is 0.0789. The van der Waals surface area contributed by atoms with Crippen molar-refractivity contribution in [2.75, 3.05) is 32.8 Å². The zero-order valence-electron chi connectivity index (χ0n) is 13.2. The van der Waals surface area contributed by atoms with Gasteiger partial charge in [-0.25, -0.2) is 0 Å². The van der Waals surface area contributed by atoms with Crippen LogP contribution in [-0.2, 0) is 0 Å². The van der Waals surface area contributed by atoms with Gasteiger partial charge in [-0.15, -0.1) is 0 Å². The van der Waals surface area contributed by atoms with E-state index < -0.39 is 0 Å². The van der Waals surface area contributed by atoms with E-state index in [4.69, 9.17) is 0 Å². The number of likely N-dealkylation sites (N-methyl/N-ethyl adjacent to an activating group) is 1. The molecular formula is C16H34N2O. The van der Waals surface area contributed by atoms with Gasteiger partial charge in [0, 0.05) is 12.1 Å². The van der Waals surface area contributed by atoms with E-state index in [0.717, 1.165) is 18.9 Å². The minimum atomic E-state index is -0.0789. The number of hydrogen-bond donors (Lipinski definition) is 2. The fourth-order valence-electron chi connectivity index (χ4n) is 3.26.